The highest BCUT2D eigenvalue weighted by atomic mass is 16.5. The summed E-state index contributed by atoms with van der Waals surface area (Å²) in [5, 5.41) is 0. The standard InChI is InChI=1S/C21H24O4/c1-6-7-14-10-16-13(2)20(25-21(16)19(11-14)24-5)15-8-9-17(22-3)18(12-15)23-4/h6-13,20H,1-5H3/t13-,20-/m1/s1. The van der Waals surface area contributed by atoms with Gasteiger partial charge in [0.15, 0.2) is 23.0 Å². The molecular formula is C21H24O4. The first-order chi connectivity index (χ1) is 12.1. The summed E-state index contributed by atoms with van der Waals surface area (Å²) in [7, 11) is 4.95. The molecule has 0 aliphatic carbocycles. The van der Waals surface area contributed by atoms with Crippen molar-refractivity contribution < 1.29 is 18.9 Å². The number of allylic oxidation sites excluding steroid dienone is 1. The Kier molecular flexibility index (Phi) is 4.88. The second-order valence-corrected chi connectivity index (χ2v) is 6.08. The Balaban J connectivity index is 2.01. The number of rotatable bonds is 5. The topological polar surface area (TPSA) is 36.9 Å². The number of benzene rings is 2. The zero-order valence-corrected chi connectivity index (χ0v) is 15.3. The molecular weight excluding hydrogens is 316 g/mol. The smallest absolute Gasteiger partial charge is 0.165 e. The normalized spacial score (nSPS) is 18.8. The van der Waals surface area contributed by atoms with Crippen LogP contribution in [0.4, 0.5) is 0 Å². The van der Waals surface area contributed by atoms with Crippen molar-refractivity contribution in [3.05, 3.63) is 53.1 Å². The van der Waals surface area contributed by atoms with Gasteiger partial charge in [0, 0.05) is 11.5 Å². The Morgan fingerprint density at radius 1 is 0.920 bits per heavy atom. The van der Waals surface area contributed by atoms with Crippen LogP contribution >= 0.6 is 0 Å². The molecule has 0 unspecified atom stereocenters. The van der Waals surface area contributed by atoms with Gasteiger partial charge >= 0.3 is 0 Å². The Morgan fingerprint density at radius 3 is 2.28 bits per heavy atom. The maximum absolute atomic E-state index is 6.29. The molecule has 4 heteroatoms. The molecule has 25 heavy (non-hydrogen) atoms. The average Bonchev–Trinajstić information content (AvgIpc) is 2.97. The van der Waals surface area contributed by atoms with E-state index in [0.29, 0.717) is 11.5 Å². The summed E-state index contributed by atoms with van der Waals surface area (Å²) >= 11 is 0. The molecule has 132 valence electrons. The summed E-state index contributed by atoms with van der Waals surface area (Å²) in [5.74, 6) is 3.20. The minimum absolute atomic E-state index is 0.0930. The molecule has 2 atom stereocenters. The van der Waals surface area contributed by atoms with Crippen molar-refractivity contribution in [2.75, 3.05) is 21.3 Å². The van der Waals surface area contributed by atoms with Gasteiger partial charge in [0.1, 0.15) is 6.10 Å². The third-order valence-electron chi connectivity index (χ3n) is 4.61. The van der Waals surface area contributed by atoms with E-state index in [1.807, 2.05) is 37.3 Å². The fourth-order valence-electron chi connectivity index (χ4n) is 3.33. The van der Waals surface area contributed by atoms with Crippen LogP contribution < -0.4 is 18.9 Å². The molecule has 1 aliphatic rings. The van der Waals surface area contributed by atoms with E-state index in [4.69, 9.17) is 18.9 Å². The molecule has 0 amide bonds. The molecule has 0 radical (unpaired) electrons. The molecule has 0 fully saturated rings. The van der Waals surface area contributed by atoms with Crippen molar-refractivity contribution in [2.24, 2.45) is 0 Å². The fraction of sp³-hybridized carbons (Fsp3) is 0.333. The van der Waals surface area contributed by atoms with Crippen LogP contribution in [-0.2, 0) is 0 Å². The lowest BCUT2D eigenvalue weighted by molar-refractivity contribution is 0.207. The summed E-state index contributed by atoms with van der Waals surface area (Å²) in [5.41, 5.74) is 3.32. The van der Waals surface area contributed by atoms with Gasteiger partial charge in [0.25, 0.3) is 0 Å². The van der Waals surface area contributed by atoms with Crippen molar-refractivity contribution in [3.63, 3.8) is 0 Å². The van der Waals surface area contributed by atoms with E-state index in [0.717, 1.165) is 28.2 Å². The third kappa shape index (κ3) is 3.04. The van der Waals surface area contributed by atoms with Gasteiger partial charge in [0.2, 0.25) is 0 Å². The zero-order valence-electron chi connectivity index (χ0n) is 15.3. The van der Waals surface area contributed by atoms with E-state index in [1.54, 1.807) is 21.3 Å². The second-order valence-electron chi connectivity index (χ2n) is 6.08. The van der Waals surface area contributed by atoms with E-state index in [-0.39, 0.29) is 12.0 Å². The number of methoxy groups -OCH3 is 3. The van der Waals surface area contributed by atoms with Crippen molar-refractivity contribution in [3.8, 4) is 23.0 Å². The van der Waals surface area contributed by atoms with Crippen molar-refractivity contribution >= 4 is 6.08 Å². The molecule has 0 bridgehead atoms. The van der Waals surface area contributed by atoms with Gasteiger partial charge in [-0.15, -0.1) is 0 Å². The minimum Gasteiger partial charge on any atom is -0.493 e. The van der Waals surface area contributed by atoms with Crippen LogP contribution in [0.3, 0.4) is 0 Å². The molecule has 0 aromatic heterocycles. The number of fused-ring (bicyclic) bond motifs is 1. The van der Waals surface area contributed by atoms with Gasteiger partial charge in [-0.05, 0) is 42.3 Å². The second kappa shape index (κ2) is 7.09. The molecule has 1 heterocycles. The van der Waals surface area contributed by atoms with Gasteiger partial charge in [-0.1, -0.05) is 25.1 Å². The molecule has 2 aromatic rings. The quantitative estimate of drug-likeness (QED) is 0.769. The predicted molar refractivity (Wildman–Crippen MR) is 99.0 cm³/mol. The van der Waals surface area contributed by atoms with Gasteiger partial charge in [0.05, 0.1) is 21.3 Å². The van der Waals surface area contributed by atoms with E-state index < -0.39 is 0 Å². The maximum atomic E-state index is 6.29. The Hall–Kier alpha value is -2.62. The fourth-order valence-corrected chi connectivity index (χ4v) is 3.33. The van der Waals surface area contributed by atoms with Crippen molar-refractivity contribution in [1.82, 2.24) is 0 Å². The van der Waals surface area contributed by atoms with E-state index >= 15 is 0 Å². The minimum atomic E-state index is -0.0930. The van der Waals surface area contributed by atoms with E-state index in [9.17, 15) is 0 Å². The zero-order chi connectivity index (χ0) is 18.0. The highest BCUT2D eigenvalue weighted by Crippen LogP contribution is 2.51. The third-order valence-corrected chi connectivity index (χ3v) is 4.61. The molecule has 3 rings (SSSR count). The van der Waals surface area contributed by atoms with E-state index in [1.165, 1.54) is 0 Å². The number of hydrogen-bond acceptors (Lipinski definition) is 4. The molecule has 0 saturated carbocycles. The largest absolute Gasteiger partial charge is 0.493 e. The summed E-state index contributed by atoms with van der Waals surface area (Å²) in [6, 6.07) is 10.1. The van der Waals surface area contributed by atoms with Crippen LogP contribution in [-0.4, -0.2) is 21.3 Å². The van der Waals surface area contributed by atoms with Crippen LogP contribution in [0, 0.1) is 0 Å². The maximum Gasteiger partial charge on any atom is 0.165 e. The Morgan fingerprint density at radius 2 is 1.64 bits per heavy atom. The molecule has 1 aliphatic heterocycles. The van der Waals surface area contributed by atoms with Crippen molar-refractivity contribution in [2.45, 2.75) is 25.9 Å². The Labute approximate surface area is 149 Å². The van der Waals surface area contributed by atoms with Gasteiger partial charge < -0.3 is 18.9 Å². The summed E-state index contributed by atoms with van der Waals surface area (Å²) in [6.07, 6.45) is 4.00. The lowest BCUT2D eigenvalue weighted by Crippen LogP contribution is -2.07. The first-order valence-corrected chi connectivity index (χ1v) is 8.36. The average molecular weight is 340 g/mol. The van der Waals surface area contributed by atoms with E-state index in [2.05, 4.69) is 19.1 Å². The SMILES string of the molecule is CC=Cc1cc(OC)c2c(c1)[C@@H](C)[C@H](c1ccc(OC)c(OC)c1)O2. The van der Waals surface area contributed by atoms with Crippen LogP contribution in [0.25, 0.3) is 6.08 Å². The lowest BCUT2D eigenvalue weighted by atomic mass is 9.91. The van der Waals surface area contributed by atoms with Gasteiger partial charge in [-0.2, -0.15) is 0 Å². The number of hydrogen-bond donors (Lipinski definition) is 0. The molecule has 4 nitrogen and oxygen atoms in total. The van der Waals surface area contributed by atoms with Gasteiger partial charge in [-0.25, -0.2) is 0 Å². The highest BCUT2D eigenvalue weighted by Gasteiger charge is 2.35. The first kappa shape index (κ1) is 17.2. The molecule has 0 saturated heterocycles. The number of ether oxygens (including phenoxy) is 4. The van der Waals surface area contributed by atoms with Crippen molar-refractivity contribution in [1.29, 1.82) is 0 Å². The first-order valence-electron chi connectivity index (χ1n) is 8.36. The summed E-state index contributed by atoms with van der Waals surface area (Å²) in [4.78, 5) is 0. The summed E-state index contributed by atoms with van der Waals surface area (Å²) < 4.78 is 22.6. The Bertz CT molecular complexity index is 795. The highest BCUT2D eigenvalue weighted by molar-refractivity contribution is 5.62. The van der Waals surface area contributed by atoms with Gasteiger partial charge in [-0.3, -0.25) is 0 Å². The van der Waals surface area contributed by atoms with Crippen LogP contribution in [0.5, 0.6) is 23.0 Å². The van der Waals surface area contributed by atoms with Crippen LogP contribution in [0.15, 0.2) is 36.4 Å². The van der Waals surface area contributed by atoms with Crippen LogP contribution in [0.1, 0.15) is 42.6 Å². The summed E-state index contributed by atoms with van der Waals surface area (Å²) in [6.45, 7) is 4.18. The molecule has 2 aromatic carbocycles. The predicted octanol–water partition coefficient (Wildman–Crippen LogP) is 4.98. The lowest BCUT2D eigenvalue weighted by Gasteiger charge is -2.18. The van der Waals surface area contributed by atoms with Crippen LogP contribution in [0.2, 0.25) is 0 Å². The monoisotopic (exact) mass is 340 g/mol. The molecule has 0 spiro atoms. The molecule has 0 N–H and O–H groups in total.